The number of para-hydroxylation sites is 1. The van der Waals surface area contributed by atoms with E-state index in [0.29, 0.717) is 11.7 Å². The number of benzene rings is 1. The third-order valence-corrected chi connectivity index (χ3v) is 3.92. The zero-order valence-corrected chi connectivity index (χ0v) is 12.4. The van der Waals surface area contributed by atoms with Gasteiger partial charge in [0, 0.05) is 5.69 Å². The maximum atomic E-state index is 5.05. The molecule has 19 heavy (non-hydrogen) atoms. The fraction of sp³-hybridized carbons (Fsp3) is 0.429. The first kappa shape index (κ1) is 13.8. The minimum absolute atomic E-state index is 0.608. The van der Waals surface area contributed by atoms with Crippen molar-refractivity contribution in [2.75, 3.05) is 12.4 Å². The van der Waals surface area contributed by atoms with Crippen LogP contribution in [0.2, 0.25) is 0 Å². The van der Waals surface area contributed by atoms with Crippen molar-refractivity contribution in [2.45, 2.75) is 33.2 Å². The van der Waals surface area contributed by atoms with E-state index in [1.54, 1.807) is 7.11 Å². The van der Waals surface area contributed by atoms with E-state index in [-0.39, 0.29) is 0 Å². The molecule has 1 heterocycles. The van der Waals surface area contributed by atoms with Crippen LogP contribution in [0.1, 0.15) is 30.0 Å². The van der Waals surface area contributed by atoms with E-state index in [4.69, 9.17) is 4.74 Å². The standard InChI is InChI=1S/C14H19N3OS/c1-4-10-7-6-8-11(5-2)13(10)15-9-12-16-17-14(18-3)19-12/h6-8,15H,4-5,9H2,1-3H3. The van der Waals surface area contributed by atoms with E-state index in [9.17, 15) is 0 Å². The molecule has 0 unspecified atom stereocenters. The number of rotatable bonds is 6. The molecule has 1 aromatic heterocycles. The summed E-state index contributed by atoms with van der Waals surface area (Å²) in [5.41, 5.74) is 3.92. The predicted octanol–water partition coefficient (Wildman–Crippen LogP) is 3.28. The summed E-state index contributed by atoms with van der Waals surface area (Å²) < 4.78 is 5.05. The first-order valence-electron chi connectivity index (χ1n) is 6.49. The van der Waals surface area contributed by atoms with Gasteiger partial charge in [0.25, 0.3) is 5.19 Å². The molecule has 2 rings (SSSR count). The van der Waals surface area contributed by atoms with Gasteiger partial charge in [-0.15, -0.1) is 10.2 Å². The lowest BCUT2D eigenvalue weighted by Crippen LogP contribution is -2.05. The first-order valence-corrected chi connectivity index (χ1v) is 7.31. The lowest BCUT2D eigenvalue weighted by atomic mass is 10.0. The van der Waals surface area contributed by atoms with Gasteiger partial charge in [0.15, 0.2) is 0 Å². The molecule has 1 aromatic carbocycles. The van der Waals surface area contributed by atoms with E-state index in [1.807, 2.05) is 0 Å². The Bertz CT molecular complexity index is 517. The van der Waals surface area contributed by atoms with Crippen molar-refractivity contribution in [3.8, 4) is 5.19 Å². The minimum atomic E-state index is 0.608. The molecule has 0 atom stereocenters. The summed E-state index contributed by atoms with van der Waals surface area (Å²) in [6, 6.07) is 6.46. The van der Waals surface area contributed by atoms with Gasteiger partial charge in [-0.25, -0.2) is 0 Å². The zero-order chi connectivity index (χ0) is 13.7. The molecule has 0 saturated carbocycles. The van der Waals surface area contributed by atoms with Crippen LogP contribution in [0.5, 0.6) is 5.19 Å². The summed E-state index contributed by atoms with van der Waals surface area (Å²) in [6.07, 6.45) is 2.05. The third kappa shape index (κ3) is 3.23. The largest absolute Gasteiger partial charge is 0.472 e. The van der Waals surface area contributed by atoms with Crippen LogP contribution in [-0.4, -0.2) is 17.3 Å². The van der Waals surface area contributed by atoms with E-state index in [2.05, 4.69) is 47.6 Å². The molecule has 0 aliphatic heterocycles. The number of hydrogen-bond acceptors (Lipinski definition) is 5. The maximum absolute atomic E-state index is 5.05. The van der Waals surface area contributed by atoms with Crippen molar-refractivity contribution in [3.05, 3.63) is 34.3 Å². The molecule has 0 bridgehead atoms. The summed E-state index contributed by atoms with van der Waals surface area (Å²) in [7, 11) is 1.61. The molecular formula is C14H19N3OS. The van der Waals surface area contributed by atoms with Crippen LogP contribution in [0.3, 0.4) is 0 Å². The Morgan fingerprint density at radius 3 is 2.37 bits per heavy atom. The quantitative estimate of drug-likeness (QED) is 0.880. The van der Waals surface area contributed by atoms with Gasteiger partial charge in [-0.2, -0.15) is 0 Å². The number of aryl methyl sites for hydroxylation is 2. The number of anilines is 1. The zero-order valence-electron chi connectivity index (χ0n) is 11.6. The highest BCUT2D eigenvalue weighted by atomic mass is 32.1. The maximum Gasteiger partial charge on any atom is 0.293 e. The van der Waals surface area contributed by atoms with Gasteiger partial charge in [0.2, 0.25) is 0 Å². The molecule has 2 aromatic rings. The second-order valence-corrected chi connectivity index (χ2v) is 5.20. The molecule has 1 N–H and O–H groups in total. The third-order valence-electron chi connectivity index (χ3n) is 3.04. The monoisotopic (exact) mass is 277 g/mol. The summed E-state index contributed by atoms with van der Waals surface area (Å²) in [5, 5.41) is 13.1. The second kappa shape index (κ2) is 6.52. The molecule has 0 fully saturated rings. The van der Waals surface area contributed by atoms with Crippen LogP contribution < -0.4 is 10.1 Å². The Hall–Kier alpha value is -1.62. The van der Waals surface area contributed by atoms with Gasteiger partial charge in [-0.1, -0.05) is 43.4 Å². The molecule has 0 radical (unpaired) electrons. The van der Waals surface area contributed by atoms with Gasteiger partial charge < -0.3 is 10.1 Å². The molecule has 0 spiro atoms. The SMILES string of the molecule is CCc1cccc(CC)c1NCc1nnc(OC)s1. The number of nitrogens with zero attached hydrogens (tertiary/aromatic N) is 2. The van der Waals surface area contributed by atoms with Crippen molar-refractivity contribution >= 4 is 17.0 Å². The molecule has 0 saturated heterocycles. The van der Waals surface area contributed by atoms with Crippen molar-refractivity contribution in [1.82, 2.24) is 10.2 Å². The van der Waals surface area contributed by atoms with Crippen molar-refractivity contribution in [3.63, 3.8) is 0 Å². The fourth-order valence-electron chi connectivity index (χ4n) is 2.03. The Labute approximate surface area is 117 Å². The van der Waals surface area contributed by atoms with Crippen LogP contribution >= 0.6 is 11.3 Å². The summed E-state index contributed by atoms with van der Waals surface area (Å²) in [6.45, 7) is 5.03. The number of nitrogens with one attached hydrogen (secondary N) is 1. The van der Waals surface area contributed by atoms with Crippen LogP contribution in [0.4, 0.5) is 5.69 Å². The fourth-order valence-corrected chi connectivity index (χ4v) is 2.62. The Morgan fingerprint density at radius 2 is 1.84 bits per heavy atom. The molecule has 4 nitrogen and oxygen atoms in total. The van der Waals surface area contributed by atoms with E-state index in [0.717, 1.165) is 17.8 Å². The van der Waals surface area contributed by atoms with Gasteiger partial charge in [-0.05, 0) is 24.0 Å². The Balaban J connectivity index is 2.13. The summed E-state index contributed by atoms with van der Waals surface area (Å²) in [4.78, 5) is 0. The normalized spacial score (nSPS) is 10.5. The number of hydrogen-bond donors (Lipinski definition) is 1. The summed E-state index contributed by atoms with van der Waals surface area (Å²) >= 11 is 1.47. The van der Waals surface area contributed by atoms with Gasteiger partial charge >= 0.3 is 0 Å². The first-order chi connectivity index (χ1) is 9.28. The van der Waals surface area contributed by atoms with E-state index < -0.39 is 0 Å². The highest BCUT2D eigenvalue weighted by Gasteiger charge is 2.08. The lowest BCUT2D eigenvalue weighted by Gasteiger charge is -2.14. The molecule has 5 heteroatoms. The smallest absolute Gasteiger partial charge is 0.293 e. The molecule has 102 valence electrons. The van der Waals surface area contributed by atoms with E-state index in [1.165, 1.54) is 28.2 Å². The lowest BCUT2D eigenvalue weighted by molar-refractivity contribution is 0.407. The Kier molecular flexibility index (Phi) is 4.74. The molecule has 0 amide bonds. The summed E-state index contributed by atoms with van der Waals surface area (Å²) in [5.74, 6) is 0. The van der Waals surface area contributed by atoms with Crippen molar-refractivity contribution in [2.24, 2.45) is 0 Å². The van der Waals surface area contributed by atoms with E-state index >= 15 is 0 Å². The van der Waals surface area contributed by atoms with Crippen LogP contribution in [0, 0.1) is 0 Å². The average Bonchev–Trinajstić information content (AvgIpc) is 2.92. The highest BCUT2D eigenvalue weighted by molar-refractivity contribution is 7.13. The topological polar surface area (TPSA) is 47.0 Å². The van der Waals surface area contributed by atoms with Crippen LogP contribution in [0.15, 0.2) is 18.2 Å². The number of ether oxygens (including phenoxy) is 1. The van der Waals surface area contributed by atoms with Gasteiger partial charge in [-0.3, -0.25) is 0 Å². The highest BCUT2D eigenvalue weighted by Crippen LogP contribution is 2.24. The Morgan fingerprint density at radius 1 is 1.16 bits per heavy atom. The number of aromatic nitrogens is 2. The van der Waals surface area contributed by atoms with Crippen molar-refractivity contribution < 1.29 is 4.74 Å². The molecule has 0 aliphatic rings. The second-order valence-electron chi connectivity index (χ2n) is 4.18. The van der Waals surface area contributed by atoms with Gasteiger partial charge in [0.05, 0.1) is 13.7 Å². The predicted molar refractivity (Wildman–Crippen MR) is 79.0 cm³/mol. The minimum Gasteiger partial charge on any atom is -0.472 e. The molecular weight excluding hydrogens is 258 g/mol. The molecule has 0 aliphatic carbocycles. The van der Waals surface area contributed by atoms with Gasteiger partial charge in [0.1, 0.15) is 5.01 Å². The van der Waals surface area contributed by atoms with Crippen molar-refractivity contribution in [1.29, 1.82) is 0 Å². The van der Waals surface area contributed by atoms with Crippen LogP contribution in [0.25, 0.3) is 0 Å². The van der Waals surface area contributed by atoms with Crippen LogP contribution in [-0.2, 0) is 19.4 Å². The number of methoxy groups -OCH3 is 1. The average molecular weight is 277 g/mol.